The van der Waals surface area contributed by atoms with Gasteiger partial charge in [0.15, 0.2) is 0 Å². The van der Waals surface area contributed by atoms with Gasteiger partial charge < -0.3 is 14.8 Å². The van der Waals surface area contributed by atoms with E-state index in [0.29, 0.717) is 13.0 Å². The summed E-state index contributed by atoms with van der Waals surface area (Å²) >= 11 is 0. The molecule has 1 aromatic carbocycles. The van der Waals surface area contributed by atoms with Gasteiger partial charge in [0.05, 0.1) is 7.11 Å². The van der Waals surface area contributed by atoms with Gasteiger partial charge in [-0.1, -0.05) is 13.8 Å². The van der Waals surface area contributed by atoms with Gasteiger partial charge in [0.1, 0.15) is 11.4 Å². The maximum atomic E-state index is 12.4. The maximum absolute atomic E-state index is 12.4. The molecule has 0 aliphatic carbocycles. The quantitative estimate of drug-likeness (QED) is 0.830. The Morgan fingerprint density at radius 1 is 1.35 bits per heavy atom. The molecule has 0 saturated carbocycles. The molecule has 0 unspecified atom stereocenters. The van der Waals surface area contributed by atoms with Gasteiger partial charge >= 0.3 is 0 Å². The molecule has 0 heterocycles. The van der Waals surface area contributed by atoms with Crippen molar-refractivity contribution in [3.8, 4) is 5.75 Å². The number of methoxy groups -OCH3 is 1. The number of amides is 1. The molecule has 4 heteroatoms. The van der Waals surface area contributed by atoms with Gasteiger partial charge in [0, 0.05) is 12.3 Å². The second-order valence-electron chi connectivity index (χ2n) is 5.07. The van der Waals surface area contributed by atoms with E-state index in [1.165, 1.54) is 0 Å². The highest BCUT2D eigenvalue weighted by atomic mass is 16.5. The Morgan fingerprint density at radius 2 is 2.05 bits per heavy atom. The average Bonchev–Trinajstić information content (AvgIpc) is 2.44. The van der Waals surface area contributed by atoms with Crippen LogP contribution in [0.5, 0.6) is 5.75 Å². The molecule has 112 valence electrons. The zero-order valence-electron chi connectivity index (χ0n) is 13.1. The number of carbonyl (C=O) groups excluding carboxylic acids is 1. The van der Waals surface area contributed by atoms with Gasteiger partial charge in [-0.05, 0) is 50.5 Å². The Balaban J connectivity index is 2.80. The minimum atomic E-state index is -0.788. The third-order valence-electron chi connectivity index (χ3n) is 3.43. The minimum Gasteiger partial charge on any atom is -0.496 e. The molecule has 0 spiro atoms. The molecule has 1 aromatic rings. The molecule has 0 aliphatic heterocycles. The van der Waals surface area contributed by atoms with Crippen LogP contribution in [0.2, 0.25) is 0 Å². The summed E-state index contributed by atoms with van der Waals surface area (Å²) in [5, 5.41) is 2.91. The van der Waals surface area contributed by atoms with Crippen molar-refractivity contribution in [2.45, 2.75) is 46.1 Å². The first-order valence-corrected chi connectivity index (χ1v) is 7.07. The first-order chi connectivity index (χ1) is 9.46. The highest BCUT2D eigenvalue weighted by Crippen LogP contribution is 2.23. The number of aryl methyl sites for hydroxylation is 1. The molecule has 0 saturated heterocycles. The topological polar surface area (TPSA) is 47.6 Å². The predicted molar refractivity (Wildman–Crippen MR) is 81.3 cm³/mol. The van der Waals surface area contributed by atoms with Gasteiger partial charge in [-0.15, -0.1) is 0 Å². The number of hydrogen-bond acceptors (Lipinski definition) is 3. The molecule has 1 atom stereocenters. The fraction of sp³-hybridized carbons (Fsp3) is 0.562. The zero-order valence-corrected chi connectivity index (χ0v) is 13.1. The summed E-state index contributed by atoms with van der Waals surface area (Å²) < 4.78 is 10.9. The van der Waals surface area contributed by atoms with Crippen molar-refractivity contribution in [2.24, 2.45) is 0 Å². The molecule has 0 fully saturated rings. The van der Waals surface area contributed by atoms with E-state index in [0.717, 1.165) is 23.4 Å². The number of rotatable bonds is 7. The van der Waals surface area contributed by atoms with Crippen LogP contribution < -0.4 is 10.1 Å². The molecule has 1 N–H and O–H groups in total. The smallest absolute Gasteiger partial charge is 0.256 e. The predicted octanol–water partition coefficient (Wildman–Crippen LogP) is 3.54. The molecular formula is C16H25NO3. The van der Waals surface area contributed by atoms with Crippen molar-refractivity contribution in [1.82, 2.24) is 0 Å². The molecule has 20 heavy (non-hydrogen) atoms. The van der Waals surface area contributed by atoms with E-state index in [2.05, 4.69) is 5.32 Å². The summed E-state index contributed by atoms with van der Waals surface area (Å²) in [5.74, 6) is 0.696. The standard InChI is InChI=1S/C16H25NO3/c1-6-10-20-16(4,7-2)15(18)17-13-8-9-14(19-5)12(3)11-13/h8-9,11H,6-7,10H2,1-5H3,(H,17,18)/t16-/m1/s1. The van der Waals surface area contributed by atoms with Gasteiger partial charge in [0.2, 0.25) is 0 Å². The van der Waals surface area contributed by atoms with Crippen LogP contribution >= 0.6 is 0 Å². The number of anilines is 1. The molecule has 0 aromatic heterocycles. The summed E-state index contributed by atoms with van der Waals surface area (Å²) in [5.41, 5.74) is 0.954. The molecule has 1 rings (SSSR count). The number of nitrogens with one attached hydrogen (secondary N) is 1. The molecule has 4 nitrogen and oxygen atoms in total. The summed E-state index contributed by atoms with van der Waals surface area (Å²) in [6, 6.07) is 5.58. The number of carbonyl (C=O) groups is 1. The lowest BCUT2D eigenvalue weighted by Crippen LogP contribution is -2.42. The third kappa shape index (κ3) is 3.97. The van der Waals surface area contributed by atoms with Crippen molar-refractivity contribution in [3.05, 3.63) is 23.8 Å². The van der Waals surface area contributed by atoms with E-state index in [4.69, 9.17) is 9.47 Å². The van der Waals surface area contributed by atoms with E-state index in [9.17, 15) is 4.79 Å². The van der Waals surface area contributed by atoms with Crippen LogP contribution in [0.15, 0.2) is 18.2 Å². The van der Waals surface area contributed by atoms with E-state index in [1.54, 1.807) is 7.11 Å². The van der Waals surface area contributed by atoms with Crippen LogP contribution in [-0.4, -0.2) is 25.2 Å². The first-order valence-electron chi connectivity index (χ1n) is 7.07. The number of benzene rings is 1. The molecule has 0 radical (unpaired) electrons. The van der Waals surface area contributed by atoms with Crippen LogP contribution in [0.3, 0.4) is 0 Å². The van der Waals surface area contributed by atoms with E-state index in [-0.39, 0.29) is 5.91 Å². The highest BCUT2D eigenvalue weighted by Gasteiger charge is 2.32. The van der Waals surface area contributed by atoms with E-state index < -0.39 is 5.60 Å². The Kier molecular flexibility index (Phi) is 6.02. The normalized spacial score (nSPS) is 13.7. The van der Waals surface area contributed by atoms with Crippen molar-refractivity contribution in [3.63, 3.8) is 0 Å². The highest BCUT2D eigenvalue weighted by molar-refractivity contribution is 5.97. The van der Waals surface area contributed by atoms with Gasteiger partial charge in [-0.25, -0.2) is 0 Å². The second-order valence-corrected chi connectivity index (χ2v) is 5.07. The maximum Gasteiger partial charge on any atom is 0.256 e. The fourth-order valence-electron chi connectivity index (χ4n) is 1.87. The molecule has 0 aliphatic rings. The Morgan fingerprint density at radius 3 is 2.55 bits per heavy atom. The van der Waals surface area contributed by atoms with Crippen LogP contribution in [0.25, 0.3) is 0 Å². The molecular weight excluding hydrogens is 254 g/mol. The van der Waals surface area contributed by atoms with Crippen LogP contribution in [0, 0.1) is 6.92 Å². The van der Waals surface area contributed by atoms with Gasteiger partial charge in [0.25, 0.3) is 5.91 Å². The first kappa shape index (κ1) is 16.5. The lowest BCUT2D eigenvalue weighted by molar-refractivity contribution is -0.139. The second kappa shape index (κ2) is 7.29. The Bertz CT molecular complexity index is 459. The zero-order chi connectivity index (χ0) is 15.2. The minimum absolute atomic E-state index is 0.113. The monoisotopic (exact) mass is 279 g/mol. The number of hydrogen-bond donors (Lipinski definition) is 1. The fourth-order valence-corrected chi connectivity index (χ4v) is 1.87. The molecule has 0 bridgehead atoms. The van der Waals surface area contributed by atoms with E-state index >= 15 is 0 Å². The van der Waals surface area contributed by atoms with Crippen LogP contribution in [0.1, 0.15) is 39.2 Å². The lowest BCUT2D eigenvalue weighted by Gasteiger charge is -2.27. The lowest BCUT2D eigenvalue weighted by atomic mass is 10.0. The van der Waals surface area contributed by atoms with Crippen LogP contribution in [0.4, 0.5) is 5.69 Å². The third-order valence-corrected chi connectivity index (χ3v) is 3.43. The Labute approximate surface area is 121 Å². The summed E-state index contributed by atoms with van der Waals surface area (Å²) in [6.45, 7) is 8.34. The average molecular weight is 279 g/mol. The van der Waals surface area contributed by atoms with Crippen molar-refractivity contribution in [2.75, 3.05) is 19.0 Å². The summed E-state index contributed by atoms with van der Waals surface area (Å²) in [6.07, 6.45) is 1.53. The number of ether oxygens (including phenoxy) is 2. The van der Waals surface area contributed by atoms with Crippen molar-refractivity contribution in [1.29, 1.82) is 0 Å². The van der Waals surface area contributed by atoms with Crippen molar-refractivity contribution < 1.29 is 14.3 Å². The SMILES string of the molecule is CCCO[C@](C)(CC)C(=O)Nc1ccc(OC)c(C)c1. The summed E-state index contributed by atoms with van der Waals surface area (Å²) in [7, 11) is 1.63. The van der Waals surface area contributed by atoms with Gasteiger partial charge in [-0.2, -0.15) is 0 Å². The molecule has 1 amide bonds. The summed E-state index contributed by atoms with van der Waals surface area (Å²) in [4.78, 5) is 12.4. The van der Waals surface area contributed by atoms with Crippen molar-refractivity contribution >= 4 is 11.6 Å². The van der Waals surface area contributed by atoms with E-state index in [1.807, 2.05) is 45.9 Å². The Hall–Kier alpha value is -1.55. The van der Waals surface area contributed by atoms with Gasteiger partial charge in [-0.3, -0.25) is 4.79 Å². The largest absolute Gasteiger partial charge is 0.496 e. The van der Waals surface area contributed by atoms with Crippen LogP contribution in [-0.2, 0) is 9.53 Å².